The molecule has 223 valence electrons. The molecule has 0 heterocycles. The molecule has 4 aromatic carbocycles. The van der Waals surface area contributed by atoms with Gasteiger partial charge in [0.2, 0.25) is 0 Å². The molecule has 5 rings (SSSR count). The molecule has 0 aliphatic heterocycles. The molecule has 0 atom stereocenters. The first kappa shape index (κ1) is 36.7. The van der Waals surface area contributed by atoms with E-state index in [1.54, 1.807) is 0 Å². The first-order valence-electron chi connectivity index (χ1n) is 13.6. The summed E-state index contributed by atoms with van der Waals surface area (Å²) in [6.45, 7) is 0. The van der Waals surface area contributed by atoms with Crippen LogP contribution in [0.2, 0.25) is 0 Å². The summed E-state index contributed by atoms with van der Waals surface area (Å²) in [4.78, 5) is 0. The van der Waals surface area contributed by atoms with Crippen molar-refractivity contribution in [1.82, 2.24) is 0 Å². The Balaban J connectivity index is 0.000000367. The standard InChI is InChI=1S/C26H24P2.C8H12.ClHO4.Rh/c1-5-13-23(14-6-1)27(24-15-7-2-8-16-24)21-22-28(25-17-9-3-10-18-25)26-19-11-4-12-20-26;1-2-4-6-8-7-5-3-1;2-1(3,4)5;/h1-20H,21-22H2;1-2,7-8H,3-6H2;(H,2,3,4,5);/p-1. The van der Waals surface area contributed by atoms with Gasteiger partial charge in [-0.2, -0.15) is 0 Å². The second kappa shape index (κ2) is 21.2. The van der Waals surface area contributed by atoms with Crippen molar-refractivity contribution in [2.45, 2.75) is 25.7 Å². The summed E-state index contributed by atoms with van der Waals surface area (Å²) < 4.78 is 34.0. The van der Waals surface area contributed by atoms with Crippen molar-refractivity contribution < 1.29 is 48.4 Å². The van der Waals surface area contributed by atoms with E-state index in [9.17, 15) is 0 Å². The zero-order valence-electron chi connectivity index (χ0n) is 23.3. The van der Waals surface area contributed by atoms with Crippen LogP contribution in [0.4, 0.5) is 0 Å². The Morgan fingerprint density at radius 1 is 0.405 bits per heavy atom. The molecule has 0 N–H and O–H groups in total. The van der Waals surface area contributed by atoms with E-state index < -0.39 is 10.2 Å². The molecule has 0 saturated heterocycles. The first-order chi connectivity index (χ1) is 19.9. The summed E-state index contributed by atoms with van der Waals surface area (Å²) in [6, 6.07) is 44.2. The van der Waals surface area contributed by atoms with Gasteiger partial charge in [0.1, 0.15) is 0 Å². The van der Waals surface area contributed by atoms with E-state index in [2.05, 4.69) is 147 Å². The van der Waals surface area contributed by atoms with Crippen LogP contribution in [0.3, 0.4) is 0 Å². The quantitative estimate of drug-likeness (QED) is 0.218. The Hall–Kier alpha value is -1.51. The summed E-state index contributed by atoms with van der Waals surface area (Å²) in [6.07, 6.45) is 16.4. The van der Waals surface area contributed by atoms with Crippen LogP contribution in [0.1, 0.15) is 25.7 Å². The largest absolute Gasteiger partial charge is 0.222 e. The molecule has 0 unspecified atom stereocenters. The molecule has 0 spiro atoms. The monoisotopic (exact) mass is 708 g/mol. The molecule has 5 radical (unpaired) electrons. The van der Waals surface area contributed by atoms with Crippen LogP contribution in [0.5, 0.6) is 0 Å². The van der Waals surface area contributed by atoms with E-state index in [1.165, 1.54) is 59.2 Å². The third-order valence-electron chi connectivity index (χ3n) is 6.15. The van der Waals surface area contributed by atoms with Gasteiger partial charge >= 0.3 is 0 Å². The fourth-order valence-corrected chi connectivity index (χ4v) is 9.66. The van der Waals surface area contributed by atoms with Gasteiger partial charge in [0.05, 0.1) is 0 Å². The fourth-order valence-electron chi connectivity index (χ4n) is 4.30. The minimum absolute atomic E-state index is 0. The average molecular weight is 709 g/mol. The molecule has 1 aliphatic carbocycles. The fraction of sp³-hybridized carbons (Fsp3) is 0.176. The van der Waals surface area contributed by atoms with E-state index in [0.717, 1.165) is 0 Å². The average Bonchev–Trinajstić information content (AvgIpc) is 2.96. The predicted molar refractivity (Wildman–Crippen MR) is 164 cm³/mol. The summed E-state index contributed by atoms with van der Waals surface area (Å²) in [5.41, 5.74) is 0. The van der Waals surface area contributed by atoms with Gasteiger partial charge in [-0.25, -0.2) is 18.6 Å². The third-order valence-corrected chi connectivity index (χ3v) is 11.5. The van der Waals surface area contributed by atoms with Crippen molar-refractivity contribution in [2.24, 2.45) is 0 Å². The molecule has 0 bridgehead atoms. The van der Waals surface area contributed by atoms with Gasteiger partial charge in [0.15, 0.2) is 0 Å². The molecule has 1 saturated carbocycles. The number of halogens is 1. The molecule has 42 heavy (non-hydrogen) atoms. The Morgan fingerprint density at radius 2 is 0.595 bits per heavy atom. The maximum Gasteiger partial charge on any atom is 0 e. The predicted octanol–water partition coefficient (Wildman–Crippen LogP) is 2.87. The van der Waals surface area contributed by atoms with Crippen molar-refractivity contribution in [3.63, 3.8) is 0 Å². The van der Waals surface area contributed by atoms with Crippen molar-refractivity contribution in [2.75, 3.05) is 12.3 Å². The minimum Gasteiger partial charge on any atom is -0.222 e. The molecular weight excluding hydrogens is 673 g/mol. The third kappa shape index (κ3) is 15.3. The molecule has 0 amide bonds. The topological polar surface area (TPSA) is 92.2 Å². The van der Waals surface area contributed by atoms with Crippen molar-refractivity contribution in [1.29, 1.82) is 0 Å². The van der Waals surface area contributed by atoms with Crippen LogP contribution in [0.25, 0.3) is 0 Å². The maximum atomic E-state index is 8.49. The number of benzene rings is 4. The van der Waals surface area contributed by atoms with Crippen LogP contribution in [-0.4, -0.2) is 12.3 Å². The zero-order chi connectivity index (χ0) is 29.2. The Bertz CT molecular complexity index is 1010. The minimum atomic E-state index is -4.94. The van der Waals surface area contributed by atoms with Gasteiger partial charge in [-0.05, 0) is 101 Å². The molecule has 1 aliphatic rings. The van der Waals surface area contributed by atoms with E-state index in [4.69, 9.17) is 18.6 Å². The molecule has 4 aromatic rings. The Kier molecular flexibility index (Phi) is 18.5. The van der Waals surface area contributed by atoms with Crippen molar-refractivity contribution in [3.8, 4) is 0 Å². The molecule has 1 fully saturated rings. The molecule has 8 heteroatoms. The van der Waals surface area contributed by atoms with Gasteiger partial charge < -0.3 is 0 Å². The molecule has 4 nitrogen and oxygen atoms in total. The van der Waals surface area contributed by atoms with Gasteiger partial charge in [0, 0.05) is 19.5 Å². The van der Waals surface area contributed by atoms with Gasteiger partial charge in [-0.1, -0.05) is 121 Å². The first-order valence-corrected chi connectivity index (χ1v) is 17.9. The number of hydrogen-bond donors (Lipinski definition) is 0. The molecular formula is C34H36ClO4P2Rh-. The second-order valence-electron chi connectivity index (χ2n) is 9.12. The normalized spacial score (nSPS) is 13.4. The zero-order valence-corrected chi connectivity index (χ0v) is 27.5. The van der Waals surface area contributed by atoms with E-state index in [-0.39, 0.29) is 35.3 Å². The van der Waals surface area contributed by atoms with Crippen LogP contribution in [0, 0.1) is 35.9 Å². The smallest absolute Gasteiger partial charge is 0 e. The Labute approximate surface area is 269 Å². The van der Waals surface area contributed by atoms with Crippen LogP contribution >= 0.6 is 15.8 Å². The summed E-state index contributed by atoms with van der Waals surface area (Å²) in [7, 11) is -5.64. The second-order valence-corrected chi connectivity index (χ2v) is 14.5. The van der Waals surface area contributed by atoms with E-state index >= 15 is 0 Å². The van der Waals surface area contributed by atoms with Crippen LogP contribution < -0.4 is 39.9 Å². The maximum absolute atomic E-state index is 8.49. The Morgan fingerprint density at radius 3 is 0.786 bits per heavy atom. The van der Waals surface area contributed by atoms with Crippen LogP contribution in [0.15, 0.2) is 121 Å². The van der Waals surface area contributed by atoms with E-state index in [1.807, 2.05) is 0 Å². The van der Waals surface area contributed by atoms with Gasteiger partial charge in [-0.15, -0.1) is 10.2 Å². The summed E-state index contributed by atoms with van der Waals surface area (Å²) >= 11 is 0. The van der Waals surface area contributed by atoms with E-state index in [0.29, 0.717) is 0 Å². The van der Waals surface area contributed by atoms with Gasteiger partial charge in [-0.3, -0.25) is 0 Å². The van der Waals surface area contributed by atoms with Crippen molar-refractivity contribution in [3.05, 3.63) is 147 Å². The van der Waals surface area contributed by atoms with Crippen molar-refractivity contribution >= 4 is 37.1 Å². The summed E-state index contributed by atoms with van der Waals surface area (Å²) in [5, 5.41) is 5.89. The SMILES string of the molecule is [CH]1[CH]CC[CH][CH]CC1.[O-][Cl+3]([O-])([O-])[O-].[Rh].c1ccc(P(CCP(c2ccccc2)c2ccccc2)c2ccccc2)cc1. The summed E-state index contributed by atoms with van der Waals surface area (Å²) in [5.74, 6) is 0. The number of hydrogen-bond acceptors (Lipinski definition) is 4. The van der Waals surface area contributed by atoms with Gasteiger partial charge in [0.25, 0.3) is 0 Å². The van der Waals surface area contributed by atoms with Crippen LogP contribution in [-0.2, 0) is 19.5 Å². The number of rotatable bonds is 7. The molecule has 0 aromatic heterocycles.